The topological polar surface area (TPSA) is 8.81 Å². The smallest absolute Gasteiger partial charge is 0.233 e. The zero-order chi connectivity index (χ0) is 23.2. The highest BCUT2D eigenvalue weighted by atomic mass is 15.1. The summed E-state index contributed by atoms with van der Waals surface area (Å²) in [5.74, 6) is 0. The Labute approximate surface area is 204 Å². The average molecular weight is 450 g/mol. The van der Waals surface area contributed by atoms with Gasteiger partial charge in [-0.2, -0.15) is 0 Å². The van der Waals surface area contributed by atoms with Gasteiger partial charge in [0.1, 0.15) is 25.5 Å². The summed E-state index contributed by atoms with van der Waals surface area (Å²) < 4.78 is 4.56. The van der Waals surface area contributed by atoms with Gasteiger partial charge < -0.3 is 0 Å². The number of rotatable bonds is 4. The number of nitrogens with zero attached hydrogens (tertiary/aromatic N) is 2. The maximum absolute atomic E-state index is 2.33. The highest BCUT2D eigenvalue weighted by Crippen LogP contribution is 2.27. The fourth-order valence-corrected chi connectivity index (χ4v) is 5.36. The lowest BCUT2D eigenvalue weighted by molar-refractivity contribution is -0.687. The van der Waals surface area contributed by atoms with Crippen molar-refractivity contribution in [3.05, 3.63) is 139 Å². The Morgan fingerprint density at radius 1 is 0.514 bits per heavy atom. The Morgan fingerprint density at radius 2 is 1.03 bits per heavy atom. The van der Waals surface area contributed by atoms with E-state index in [0.29, 0.717) is 0 Å². The van der Waals surface area contributed by atoms with E-state index >= 15 is 0 Å². The molecule has 0 saturated carbocycles. The molecule has 0 unspecified atom stereocenters. The molecule has 0 atom stereocenters. The molecule has 0 fully saturated rings. The molecular formula is C33H25N2+. The number of imidazole rings is 1. The van der Waals surface area contributed by atoms with Crippen molar-refractivity contribution in [1.82, 2.24) is 4.57 Å². The Kier molecular flexibility index (Phi) is 4.63. The molecule has 0 N–H and O–H groups in total. The quantitative estimate of drug-likeness (QED) is 0.194. The van der Waals surface area contributed by atoms with E-state index in [1.807, 2.05) is 0 Å². The molecule has 0 bridgehead atoms. The predicted molar refractivity (Wildman–Crippen MR) is 146 cm³/mol. The van der Waals surface area contributed by atoms with Crippen LogP contribution in [0.1, 0.15) is 11.1 Å². The van der Waals surface area contributed by atoms with Crippen LogP contribution in [0.2, 0.25) is 0 Å². The molecule has 0 aliphatic carbocycles. The van der Waals surface area contributed by atoms with Crippen LogP contribution in [0.4, 0.5) is 0 Å². The Hall–Kier alpha value is -4.43. The van der Waals surface area contributed by atoms with Gasteiger partial charge in [-0.1, -0.05) is 84.9 Å². The minimum atomic E-state index is 0.850. The third-order valence-electron chi connectivity index (χ3n) is 7.13. The summed E-state index contributed by atoms with van der Waals surface area (Å²) in [6.45, 7) is 1.70. The largest absolute Gasteiger partial charge is 0.244 e. The molecule has 0 radical (unpaired) electrons. The van der Waals surface area contributed by atoms with Gasteiger partial charge in [0.15, 0.2) is 0 Å². The lowest BCUT2D eigenvalue weighted by Crippen LogP contribution is -2.31. The fourth-order valence-electron chi connectivity index (χ4n) is 5.36. The standard InChI is InChI=1S/C33H25N2/c1-3-9-26-19-32-28(17-24(26)7-1)11-5-13-30(32)21-34-15-16-35(23-34)22-31-14-6-12-29-18-25-8-2-4-10-27(25)20-33(29)31/h1-20,23H,21-22H2/q+1. The maximum atomic E-state index is 2.33. The summed E-state index contributed by atoms with van der Waals surface area (Å²) in [5.41, 5.74) is 2.68. The third kappa shape index (κ3) is 3.64. The lowest BCUT2D eigenvalue weighted by atomic mass is 9.99. The molecule has 0 amide bonds. The van der Waals surface area contributed by atoms with Crippen molar-refractivity contribution >= 4 is 43.1 Å². The minimum absolute atomic E-state index is 0.850. The van der Waals surface area contributed by atoms with Crippen molar-refractivity contribution in [2.24, 2.45) is 0 Å². The van der Waals surface area contributed by atoms with Crippen molar-refractivity contribution in [1.29, 1.82) is 0 Å². The Balaban J connectivity index is 1.21. The minimum Gasteiger partial charge on any atom is -0.233 e. The van der Waals surface area contributed by atoms with E-state index in [-0.39, 0.29) is 0 Å². The van der Waals surface area contributed by atoms with E-state index in [9.17, 15) is 0 Å². The van der Waals surface area contributed by atoms with Gasteiger partial charge in [0.25, 0.3) is 0 Å². The van der Waals surface area contributed by atoms with Crippen LogP contribution in [0.25, 0.3) is 43.1 Å². The summed E-state index contributed by atoms with van der Waals surface area (Å²) >= 11 is 0. The molecular weight excluding hydrogens is 424 g/mol. The van der Waals surface area contributed by atoms with Crippen LogP contribution in [-0.4, -0.2) is 4.57 Å². The molecule has 1 heterocycles. The van der Waals surface area contributed by atoms with Gasteiger partial charge in [0.05, 0.1) is 0 Å². The zero-order valence-corrected chi connectivity index (χ0v) is 19.4. The fraction of sp³-hybridized carbons (Fsp3) is 0.0606. The normalized spacial score (nSPS) is 11.7. The van der Waals surface area contributed by atoms with Crippen molar-refractivity contribution < 1.29 is 4.57 Å². The molecule has 7 rings (SSSR count). The van der Waals surface area contributed by atoms with Crippen LogP contribution in [0.3, 0.4) is 0 Å². The van der Waals surface area contributed by atoms with Crippen molar-refractivity contribution in [2.45, 2.75) is 13.1 Å². The first-order valence-electron chi connectivity index (χ1n) is 12.2. The van der Waals surface area contributed by atoms with Crippen LogP contribution < -0.4 is 4.57 Å². The van der Waals surface area contributed by atoms with Crippen LogP contribution in [0.5, 0.6) is 0 Å². The summed E-state index contributed by atoms with van der Waals surface area (Å²) in [6, 6.07) is 39.7. The number of benzene rings is 6. The van der Waals surface area contributed by atoms with Crippen molar-refractivity contribution in [3.8, 4) is 0 Å². The van der Waals surface area contributed by atoms with Gasteiger partial charge in [0.2, 0.25) is 6.33 Å². The summed E-state index contributed by atoms with van der Waals surface area (Å²) in [6.07, 6.45) is 6.58. The second-order valence-corrected chi connectivity index (χ2v) is 9.43. The molecule has 0 spiro atoms. The second-order valence-electron chi connectivity index (χ2n) is 9.43. The van der Waals surface area contributed by atoms with Crippen LogP contribution in [0, 0.1) is 0 Å². The third-order valence-corrected chi connectivity index (χ3v) is 7.13. The van der Waals surface area contributed by atoms with Gasteiger partial charge in [-0.3, -0.25) is 0 Å². The summed E-state index contributed by atoms with van der Waals surface area (Å²) in [4.78, 5) is 0. The van der Waals surface area contributed by atoms with Gasteiger partial charge in [-0.15, -0.1) is 0 Å². The van der Waals surface area contributed by atoms with Gasteiger partial charge >= 0.3 is 0 Å². The molecule has 0 saturated heterocycles. The van der Waals surface area contributed by atoms with E-state index in [4.69, 9.17) is 0 Å². The Morgan fingerprint density at radius 3 is 1.66 bits per heavy atom. The molecule has 1 aromatic heterocycles. The number of hydrogen-bond acceptors (Lipinski definition) is 0. The lowest BCUT2D eigenvalue weighted by Gasteiger charge is -2.08. The van der Waals surface area contributed by atoms with Crippen molar-refractivity contribution in [2.75, 3.05) is 0 Å². The van der Waals surface area contributed by atoms with Gasteiger partial charge in [-0.05, 0) is 67.4 Å². The number of hydrogen-bond donors (Lipinski definition) is 0. The number of fused-ring (bicyclic) bond motifs is 4. The molecule has 35 heavy (non-hydrogen) atoms. The first-order chi connectivity index (χ1) is 17.3. The van der Waals surface area contributed by atoms with E-state index in [0.717, 1.165) is 13.1 Å². The van der Waals surface area contributed by atoms with Crippen LogP contribution >= 0.6 is 0 Å². The second kappa shape index (κ2) is 8.11. The first-order valence-corrected chi connectivity index (χ1v) is 12.2. The van der Waals surface area contributed by atoms with E-state index in [1.54, 1.807) is 0 Å². The molecule has 7 aromatic rings. The molecule has 2 nitrogen and oxygen atoms in total. The number of aromatic nitrogens is 2. The summed E-state index contributed by atoms with van der Waals surface area (Å²) in [7, 11) is 0. The van der Waals surface area contributed by atoms with Gasteiger partial charge in [0, 0.05) is 11.1 Å². The molecule has 166 valence electrons. The van der Waals surface area contributed by atoms with E-state index < -0.39 is 0 Å². The zero-order valence-electron chi connectivity index (χ0n) is 19.4. The molecule has 0 aliphatic heterocycles. The monoisotopic (exact) mass is 449 g/mol. The molecule has 2 heteroatoms. The van der Waals surface area contributed by atoms with Crippen molar-refractivity contribution in [3.63, 3.8) is 0 Å². The average Bonchev–Trinajstić information content (AvgIpc) is 3.33. The highest BCUT2D eigenvalue weighted by Gasteiger charge is 2.11. The first kappa shape index (κ1) is 20.0. The van der Waals surface area contributed by atoms with E-state index in [1.165, 1.54) is 54.2 Å². The SMILES string of the molecule is c1ccc2cc3c(Cn4cc[n+](Cc5cccc6cc7ccccc7cc56)c4)cccc3cc2c1. The van der Waals surface area contributed by atoms with Crippen LogP contribution in [-0.2, 0) is 13.1 Å². The summed E-state index contributed by atoms with van der Waals surface area (Å²) in [5, 5.41) is 10.4. The maximum Gasteiger partial charge on any atom is 0.244 e. The van der Waals surface area contributed by atoms with E-state index in [2.05, 4.69) is 137 Å². The molecule has 6 aromatic carbocycles. The Bertz CT molecular complexity index is 1720. The predicted octanol–water partition coefficient (Wildman–Crippen LogP) is 7.49. The van der Waals surface area contributed by atoms with Gasteiger partial charge in [-0.25, -0.2) is 9.13 Å². The highest BCUT2D eigenvalue weighted by molar-refractivity contribution is 6.00. The van der Waals surface area contributed by atoms with Crippen LogP contribution in [0.15, 0.2) is 128 Å². The molecule has 0 aliphatic rings.